The van der Waals surface area contributed by atoms with E-state index >= 15 is 0 Å². The van der Waals surface area contributed by atoms with Gasteiger partial charge in [0.1, 0.15) is 6.10 Å². The van der Waals surface area contributed by atoms with Crippen molar-refractivity contribution in [3.63, 3.8) is 0 Å². The molecule has 0 aromatic rings. The monoisotopic (exact) mass is 366 g/mol. The molecule has 0 amide bonds. The van der Waals surface area contributed by atoms with Crippen molar-refractivity contribution >= 4 is 11.9 Å². The number of carbonyl (C=O) groups excluding carboxylic acids is 1. The third kappa shape index (κ3) is 9.98. The summed E-state index contributed by atoms with van der Waals surface area (Å²) in [6, 6.07) is 0. The smallest absolute Gasteiger partial charge is 0.303 e. The zero-order chi connectivity index (χ0) is 19.3. The molecule has 1 atom stereocenters. The van der Waals surface area contributed by atoms with Crippen LogP contribution in [0.5, 0.6) is 0 Å². The molecule has 0 aromatic heterocycles. The van der Waals surface area contributed by atoms with Gasteiger partial charge in [-0.2, -0.15) is 0 Å². The van der Waals surface area contributed by atoms with Crippen molar-refractivity contribution < 1.29 is 19.4 Å². The highest BCUT2D eigenvalue weighted by molar-refractivity contribution is 5.66. The molecule has 0 heterocycles. The van der Waals surface area contributed by atoms with E-state index in [2.05, 4.69) is 19.1 Å². The van der Waals surface area contributed by atoms with Gasteiger partial charge in [-0.1, -0.05) is 57.9 Å². The van der Waals surface area contributed by atoms with Gasteiger partial charge in [-0.25, -0.2) is 0 Å². The number of hydrogen-bond donors (Lipinski definition) is 1. The highest BCUT2D eigenvalue weighted by Gasteiger charge is 2.29. The maximum Gasteiger partial charge on any atom is 0.303 e. The normalized spacial score (nSPS) is 17.9. The van der Waals surface area contributed by atoms with Crippen LogP contribution in [0.15, 0.2) is 12.2 Å². The first-order valence-electron chi connectivity index (χ1n) is 10.6. The molecule has 1 unspecified atom stereocenters. The van der Waals surface area contributed by atoms with E-state index in [1.807, 2.05) is 0 Å². The standard InChI is InChI=1S/C22H38O4/c1-3-4-7-12-20(26-19(2)23)14-18-22(16-10-6-11-17-22)15-9-5-8-13-21(24)25/h14,18,20H,3-13,15-17H2,1-2H3,(H,24,25)/b18-14+. The highest BCUT2D eigenvalue weighted by Crippen LogP contribution is 2.42. The number of esters is 1. The molecule has 150 valence electrons. The Labute approximate surface area is 159 Å². The van der Waals surface area contributed by atoms with Gasteiger partial charge in [0.2, 0.25) is 0 Å². The maximum absolute atomic E-state index is 11.4. The molecule has 0 saturated heterocycles. The SMILES string of the molecule is CCCCCC(/C=C/C1(CCCCCC(=O)O)CCCCC1)OC(C)=O. The first-order valence-corrected chi connectivity index (χ1v) is 10.6. The average Bonchev–Trinajstić information content (AvgIpc) is 2.60. The van der Waals surface area contributed by atoms with E-state index < -0.39 is 5.97 Å². The number of unbranched alkanes of at least 4 members (excludes halogenated alkanes) is 4. The zero-order valence-electron chi connectivity index (χ0n) is 16.8. The molecular formula is C22H38O4. The Hall–Kier alpha value is -1.32. The summed E-state index contributed by atoms with van der Waals surface area (Å²) in [6.45, 7) is 3.66. The van der Waals surface area contributed by atoms with Crippen molar-refractivity contribution in [1.29, 1.82) is 0 Å². The number of rotatable bonds is 13. The second kappa shape index (κ2) is 12.9. The van der Waals surface area contributed by atoms with Crippen LogP contribution in [0.4, 0.5) is 0 Å². The van der Waals surface area contributed by atoms with E-state index in [0.29, 0.717) is 0 Å². The number of carboxylic acid groups (broad SMARTS) is 1. The lowest BCUT2D eigenvalue weighted by molar-refractivity contribution is -0.144. The molecule has 1 aliphatic rings. The van der Waals surface area contributed by atoms with Gasteiger partial charge in [0.15, 0.2) is 0 Å². The van der Waals surface area contributed by atoms with Crippen molar-refractivity contribution in [2.45, 2.75) is 110 Å². The van der Waals surface area contributed by atoms with Crippen molar-refractivity contribution in [2.75, 3.05) is 0 Å². The Morgan fingerprint density at radius 1 is 1.08 bits per heavy atom. The number of aliphatic carboxylic acids is 1. The van der Waals surface area contributed by atoms with Crippen molar-refractivity contribution in [3.8, 4) is 0 Å². The predicted molar refractivity (Wildman–Crippen MR) is 105 cm³/mol. The third-order valence-electron chi connectivity index (χ3n) is 5.49. The van der Waals surface area contributed by atoms with Crippen LogP contribution >= 0.6 is 0 Å². The fraction of sp³-hybridized carbons (Fsp3) is 0.818. The molecule has 0 radical (unpaired) electrons. The molecule has 1 N–H and O–H groups in total. The summed E-state index contributed by atoms with van der Waals surface area (Å²) in [5.41, 5.74) is 0.213. The maximum atomic E-state index is 11.4. The first-order chi connectivity index (χ1) is 12.5. The van der Waals surface area contributed by atoms with Crippen LogP contribution in [0.3, 0.4) is 0 Å². The summed E-state index contributed by atoms with van der Waals surface area (Å²) in [4.78, 5) is 22.1. The Morgan fingerprint density at radius 2 is 1.81 bits per heavy atom. The molecule has 0 aromatic carbocycles. The molecule has 1 fully saturated rings. The van der Waals surface area contributed by atoms with E-state index in [1.165, 1.54) is 45.4 Å². The molecule has 1 saturated carbocycles. The van der Waals surface area contributed by atoms with Gasteiger partial charge in [0.25, 0.3) is 0 Å². The average molecular weight is 367 g/mol. The summed E-state index contributed by atoms with van der Waals surface area (Å²) < 4.78 is 5.51. The van der Waals surface area contributed by atoms with Gasteiger partial charge in [-0.05, 0) is 50.0 Å². The fourth-order valence-corrected chi connectivity index (χ4v) is 4.00. The van der Waals surface area contributed by atoms with Gasteiger partial charge < -0.3 is 9.84 Å². The lowest BCUT2D eigenvalue weighted by Crippen LogP contribution is -2.23. The quantitative estimate of drug-likeness (QED) is 0.245. The summed E-state index contributed by atoms with van der Waals surface area (Å²) >= 11 is 0. The minimum Gasteiger partial charge on any atom is -0.481 e. The van der Waals surface area contributed by atoms with E-state index in [0.717, 1.165) is 44.9 Å². The molecular weight excluding hydrogens is 328 g/mol. The van der Waals surface area contributed by atoms with Crippen LogP contribution in [0.25, 0.3) is 0 Å². The summed E-state index contributed by atoms with van der Waals surface area (Å²) in [6.07, 6.45) is 19.1. The van der Waals surface area contributed by atoms with Crippen LogP contribution < -0.4 is 0 Å². The lowest BCUT2D eigenvalue weighted by Gasteiger charge is -2.35. The largest absolute Gasteiger partial charge is 0.481 e. The molecule has 0 aliphatic heterocycles. The van der Waals surface area contributed by atoms with Crippen LogP contribution in [0, 0.1) is 5.41 Å². The minimum absolute atomic E-state index is 0.107. The molecule has 0 spiro atoms. The molecule has 1 aliphatic carbocycles. The highest BCUT2D eigenvalue weighted by atomic mass is 16.5. The van der Waals surface area contributed by atoms with E-state index in [4.69, 9.17) is 9.84 Å². The topological polar surface area (TPSA) is 63.6 Å². The molecule has 0 bridgehead atoms. The van der Waals surface area contributed by atoms with Gasteiger partial charge in [-0.3, -0.25) is 9.59 Å². The van der Waals surface area contributed by atoms with E-state index in [-0.39, 0.29) is 23.9 Å². The van der Waals surface area contributed by atoms with E-state index in [1.54, 1.807) is 0 Å². The number of allylic oxidation sites excluding steroid dienone is 1. The predicted octanol–water partition coefficient (Wildman–Crippen LogP) is 6.04. The Kier molecular flexibility index (Phi) is 11.3. The van der Waals surface area contributed by atoms with Crippen molar-refractivity contribution in [2.24, 2.45) is 5.41 Å². The first kappa shape index (κ1) is 22.7. The second-order valence-electron chi connectivity index (χ2n) is 7.88. The lowest BCUT2D eigenvalue weighted by atomic mass is 9.70. The van der Waals surface area contributed by atoms with Crippen LogP contribution in [0.1, 0.15) is 104 Å². The van der Waals surface area contributed by atoms with E-state index in [9.17, 15) is 9.59 Å². The minimum atomic E-state index is -0.700. The number of ether oxygens (including phenoxy) is 1. The molecule has 1 rings (SSSR count). The Balaban J connectivity index is 2.61. The van der Waals surface area contributed by atoms with Gasteiger partial charge in [-0.15, -0.1) is 0 Å². The third-order valence-corrected chi connectivity index (χ3v) is 5.49. The summed E-state index contributed by atoms with van der Waals surface area (Å²) in [5, 5.41) is 8.77. The van der Waals surface area contributed by atoms with Crippen LogP contribution in [-0.4, -0.2) is 23.1 Å². The van der Waals surface area contributed by atoms with Gasteiger partial charge in [0.05, 0.1) is 0 Å². The summed E-state index contributed by atoms with van der Waals surface area (Å²) in [7, 11) is 0. The number of hydrogen-bond acceptors (Lipinski definition) is 3. The molecule has 4 nitrogen and oxygen atoms in total. The zero-order valence-corrected chi connectivity index (χ0v) is 16.8. The van der Waals surface area contributed by atoms with Crippen LogP contribution in [-0.2, 0) is 14.3 Å². The molecule has 4 heteroatoms. The number of carbonyl (C=O) groups is 2. The molecule has 26 heavy (non-hydrogen) atoms. The van der Waals surface area contributed by atoms with Crippen molar-refractivity contribution in [3.05, 3.63) is 12.2 Å². The number of carboxylic acids is 1. The van der Waals surface area contributed by atoms with Crippen LogP contribution in [0.2, 0.25) is 0 Å². The second-order valence-corrected chi connectivity index (χ2v) is 7.88. The Morgan fingerprint density at radius 3 is 2.42 bits per heavy atom. The van der Waals surface area contributed by atoms with Crippen molar-refractivity contribution in [1.82, 2.24) is 0 Å². The van der Waals surface area contributed by atoms with Gasteiger partial charge >= 0.3 is 11.9 Å². The van der Waals surface area contributed by atoms with Gasteiger partial charge in [0, 0.05) is 13.3 Å². The summed E-state index contributed by atoms with van der Waals surface area (Å²) in [5.74, 6) is -0.906. The Bertz CT molecular complexity index is 435. The fourth-order valence-electron chi connectivity index (χ4n) is 4.00.